The van der Waals surface area contributed by atoms with E-state index in [4.69, 9.17) is 9.90 Å². The fraction of sp³-hybridized carbons (Fsp3) is 0.316. The van der Waals surface area contributed by atoms with E-state index >= 15 is 0 Å². The number of aryl methyl sites for hydroxylation is 1. The normalized spacial score (nSPS) is 13.9. The lowest BCUT2D eigenvalue weighted by Crippen LogP contribution is -2.16. The van der Waals surface area contributed by atoms with Gasteiger partial charge in [0.2, 0.25) is 5.95 Å². The molecule has 1 aliphatic carbocycles. The molecule has 1 fully saturated rings. The second-order valence-electron chi connectivity index (χ2n) is 7.03. The number of benzene rings is 1. The van der Waals surface area contributed by atoms with E-state index in [1.165, 1.54) is 25.7 Å². The number of hydrogen-bond acceptors (Lipinski definition) is 8. The van der Waals surface area contributed by atoms with Gasteiger partial charge in [0.25, 0.3) is 0 Å². The summed E-state index contributed by atoms with van der Waals surface area (Å²) in [7, 11) is 0. The third-order valence-corrected chi connectivity index (χ3v) is 4.81. The lowest BCUT2D eigenvalue weighted by atomic mass is 10.2. The van der Waals surface area contributed by atoms with Crippen LogP contribution in [0.15, 0.2) is 30.6 Å². The van der Waals surface area contributed by atoms with Crippen molar-refractivity contribution in [1.29, 1.82) is 0 Å². The van der Waals surface area contributed by atoms with Crippen LogP contribution in [0.2, 0.25) is 0 Å². The van der Waals surface area contributed by atoms with Crippen molar-refractivity contribution in [3.63, 3.8) is 0 Å². The maximum absolute atomic E-state index is 8.78. The smallest absolute Gasteiger partial charge is 0.402 e. The maximum Gasteiger partial charge on any atom is 0.402 e. The number of anilines is 1. The molecule has 1 aliphatic rings. The first kappa shape index (κ1) is 19.4. The molecule has 4 N–H and O–H groups in total. The van der Waals surface area contributed by atoms with E-state index in [-0.39, 0.29) is 0 Å². The largest absolute Gasteiger partial charge is 0.465 e. The number of nitrogens with zero attached hydrogens (tertiary/aromatic N) is 7. The number of hydrogen-bond donors (Lipinski definition) is 3. The lowest BCUT2D eigenvalue weighted by molar-refractivity contribution is 0.205. The van der Waals surface area contributed by atoms with Gasteiger partial charge in [0.1, 0.15) is 5.82 Å². The summed E-state index contributed by atoms with van der Waals surface area (Å²) in [6.07, 6.45) is 7.07. The predicted molar refractivity (Wildman–Crippen MR) is 110 cm³/mol. The van der Waals surface area contributed by atoms with Gasteiger partial charge in [-0.05, 0) is 38.0 Å². The Balaban J connectivity index is 0.000000503. The molecule has 0 atom stereocenters. The Morgan fingerprint density at radius 3 is 2.70 bits per heavy atom. The van der Waals surface area contributed by atoms with Gasteiger partial charge in [-0.2, -0.15) is 9.67 Å². The van der Waals surface area contributed by atoms with E-state index in [1.807, 2.05) is 31.3 Å². The van der Waals surface area contributed by atoms with Crippen LogP contribution < -0.4 is 11.1 Å². The third kappa shape index (κ3) is 4.24. The first-order valence-corrected chi connectivity index (χ1v) is 9.57. The highest BCUT2D eigenvalue weighted by molar-refractivity contribution is 5.81. The third-order valence-electron chi connectivity index (χ3n) is 4.81. The number of fused-ring (bicyclic) bond motifs is 2. The van der Waals surface area contributed by atoms with E-state index in [0.29, 0.717) is 23.2 Å². The average Bonchev–Trinajstić information content (AvgIpc) is 3.37. The van der Waals surface area contributed by atoms with Crippen LogP contribution in [0.4, 0.5) is 10.7 Å². The molecular weight excluding hydrogens is 386 g/mol. The predicted octanol–water partition coefficient (Wildman–Crippen LogP) is 2.44. The fourth-order valence-electron chi connectivity index (χ4n) is 3.47. The Morgan fingerprint density at radius 2 is 1.93 bits per heavy atom. The molecule has 154 valence electrons. The summed E-state index contributed by atoms with van der Waals surface area (Å²) >= 11 is 0. The SMILES string of the molecule is Cc1ncc2cc(-n3nnc4cnc(NC5CCCC5)nc43)ccc2n1.NC(=O)O. The van der Waals surface area contributed by atoms with Crippen molar-refractivity contribution in [3.05, 3.63) is 36.4 Å². The zero-order chi connectivity index (χ0) is 21.1. The van der Waals surface area contributed by atoms with Crippen LogP contribution in [-0.4, -0.2) is 52.2 Å². The van der Waals surface area contributed by atoms with Gasteiger partial charge in [-0.1, -0.05) is 18.1 Å². The molecule has 1 aromatic carbocycles. The number of rotatable bonds is 3. The van der Waals surface area contributed by atoms with Gasteiger partial charge in [0.05, 0.1) is 17.4 Å². The average molecular weight is 407 g/mol. The summed E-state index contributed by atoms with van der Waals surface area (Å²) in [5.74, 6) is 1.39. The molecule has 0 unspecified atom stereocenters. The van der Waals surface area contributed by atoms with Gasteiger partial charge in [-0.15, -0.1) is 5.10 Å². The molecule has 0 radical (unpaired) electrons. The topological polar surface area (TPSA) is 158 Å². The van der Waals surface area contributed by atoms with Crippen LogP contribution in [0.3, 0.4) is 0 Å². The zero-order valence-electron chi connectivity index (χ0n) is 16.4. The molecule has 30 heavy (non-hydrogen) atoms. The molecule has 1 amide bonds. The zero-order valence-corrected chi connectivity index (χ0v) is 16.4. The molecule has 0 aliphatic heterocycles. The van der Waals surface area contributed by atoms with Crippen LogP contribution in [-0.2, 0) is 0 Å². The van der Waals surface area contributed by atoms with E-state index in [1.54, 1.807) is 10.9 Å². The van der Waals surface area contributed by atoms with Crippen molar-refractivity contribution in [1.82, 2.24) is 34.9 Å². The molecule has 0 bridgehead atoms. The first-order chi connectivity index (χ1) is 14.5. The Hall–Kier alpha value is -3.89. The minimum absolute atomic E-state index is 0.456. The van der Waals surface area contributed by atoms with E-state index < -0.39 is 6.09 Å². The molecule has 1 saturated carbocycles. The van der Waals surface area contributed by atoms with Gasteiger partial charge in [-0.3, -0.25) is 0 Å². The molecular formula is C19H21N9O2. The summed E-state index contributed by atoms with van der Waals surface area (Å²) in [4.78, 5) is 26.5. The maximum atomic E-state index is 8.78. The molecule has 0 spiro atoms. The first-order valence-electron chi connectivity index (χ1n) is 9.57. The van der Waals surface area contributed by atoms with Gasteiger partial charge in [0, 0.05) is 17.6 Å². The van der Waals surface area contributed by atoms with Crippen LogP contribution in [0.5, 0.6) is 0 Å². The molecule has 11 heteroatoms. The summed E-state index contributed by atoms with van der Waals surface area (Å²) in [5, 5.41) is 20.0. The van der Waals surface area contributed by atoms with Crippen molar-refractivity contribution >= 4 is 34.1 Å². The Kier molecular flexibility index (Phi) is 5.33. The molecule has 5 rings (SSSR count). The number of nitrogens with two attached hydrogens (primary N) is 1. The minimum Gasteiger partial charge on any atom is -0.465 e. The van der Waals surface area contributed by atoms with Crippen LogP contribution in [0.1, 0.15) is 31.5 Å². The second kappa shape index (κ2) is 8.23. The lowest BCUT2D eigenvalue weighted by Gasteiger charge is -2.11. The number of carboxylic acid groups (broad SMARTS) is 1. The van der Waals surface area contributed by atoms with Crippen LogP contribution in [0.25, 0.3) is 27.8 Å². The second-order valence-corrected chi connectivity index (χ2v) is 7.03. The molecule has 4 aromatic rings. The summed E-state index contributed by atoms with van der Waals surface area (Å²) in [6.45, 7) is 1.88. The van der Waals surface area contributed by atoms with Gasteiger partial charge >= 0.3 is 6.09 Å². The van der Waals surface area contributed by atoms with Crippen molar-refractivity contribution < 1.29 is 9.90 Å². The Bertz CT molecular complexity index is 1200. The fourth-order valence-corrected chi connectivity index (χ4v) is 3.47. The summed E-state index contributed by atoms with van der Waals surface area (Å²) < 4.78 is 1.73. The quantitative estimate of drug-likeness (QED) is 0.464. The van der Waals surface area contributed by atoms with E-state index in [2.05, 4.69) is 41.3 Å². The molecule has 11 nitrogen and oxygen atoms in total. The number of aromatic nitrogens is 7. The highest BCUT2D eigenvalue weighted by Crippen LogP contribution is 2.22. The van der Waals surface area contributed by atoms with Gasteiger partial charge in [0.15, 0.2) is 11.2 Å². The van der Waals surface area contributed by atoms with E-state index in [0.717, 1.165) is 22.4 Å². The van der Waals surface area contributed by atoms with Crippen molar-refractivity contribution in [3.8, 4) is 5.69 Å². The minimum atomic E-state index is -1.33. The number of nitrogens with one attached hydrogen (secondary N) is 1. The van der Waals surface area contributed by atoms with Crippen molar-refractivity contribution in [2.75, 3.05) is 5.32 Å². The highest BCUT2D eigenvalue weighted by atomic mass is 16.4. The van der Waals surface area contributed by atoms with E-state index in [9.17, 15) is 0 Å². The number of carbonyl (C=O) groups is 1. The van der Waals surface area contributed by atoms with Gasteiger partial charge in [-0.25, -0.2) is 19.7 Å². The highest BCUT2D eigenvalue weighted by Gasteiger charge is 2.17. The Morgan fingerprint density at radius 1 is 1.17 bits per heavy atom. The van der Waals surface area contributed by atoms with Crippen LogP contribution in [0, 0.1) is 6.92 Å². The van der Waals surface area contributed by atoms with Gasteiger partial charge < -0.3 is 16.2 Å². The number of amides is 1. The molecule has 0 saturated heterocycles. The Labute approximate surface area is 171 Å². The summed E-state index contributed by atoms with van der Waals surface area (Å²) in [6, 6.07) is 6.38. The van der Waals surface area contributed by atoms with Crippen molar-refractivity contribution in [2.45, 2.75) is 38.6 Å². The van der Waals surface area contributed by atoms with Crippen molar-refractivity contribution in [2.24, 2.45) is 5.73 Å². The summed E-state index contributed by atoms with van der Waals surface area (Å²) in [5.41, 5.74) is 7.16. The van der Waals surface area contributed by atoms with Crippen LogP contribution >= 0.6 is 0 Å². The number of primary amides is 1. The standard InChI is InChI=1S/C18H18N8.CH3NO2/c1-11-19-9-12-8-14(6-7-15(12)21-11)26-17-16(24-25-26)10-20-18(23-17)22-13-4-2-3-5-13;2-1(3)4/h6-10,13H,2-5H2,1H3,(H,20,22,23);2H2,(H,3,4). The molecule has 3 aromatic heterocycles. The monoisotopic (exact) mass is 407 g/mol. The molecule has 3 heterocycles.